The fourth-order valence-electron chi connectivity index (χ4n) is 15.7. The summed E-state index contributed by atoms with van der Waals surface area (Å²) in [5.74, 6) is 3.71. The highest BCUT2D eigenvalue weighted by Crippen LogP contribution is 2.78. The lowest BCUT2D eigenvalue weighted by Crippen LogP contribution is -2.66. The first-order valence-corrected chi connectivity index (χ1v) is 23.5. The van der Waals surface area contributed by atoms with Gasteiger partial charge in [-0.1, -0.05) is 73.6 Å². The Bertz CT molecular complexity index is 1770. The number of carbonyl (C=O) groups is 1. The molecule has 1 aromatic carbocycles. The third-order valence-corrected chi connectivity index (χ3v) is 19.1. The number of aromatic carboxylic acids is 1. The number of nitrogens with zero attached hydrogens (tertiary/aromatic N) is 1. The molecule has 54 heavy (non-hydrogen) atoms. The minimum absolute atomic E-state index is 0.0251. The number of fused-ring (bicyclic) bond motifs is 8. The second-order valence-corrected chi connectivity index (χ2v) is 24.0. The topological polar surface area (TPSA) is 98.7 Å². The summed E-state index contributed by atoms with van der Waals surface area (Å²) in [5, 5.41) is 13.6. The number of carboxylic acid groups (broad SMARTS) is 1. The maximum atomic E-state index is 11.7. The van der Waals surface area contributed by atoms with Crippen LogP contribution in [0.3, 0.4) is 0 Å². The fraction of sp³-hybridized carbons (Fsp3) is 0.804. The van der Waals surface area contributed by atoms with Crippen molar-refractivity contribution in [2.45, 2.75) is 119 Å². The van der Waals surface area contributed by atoms with E-state index in [1.807, 2.05) is 12.1 Å². The summed E-state index contributed by atoms with van der Waals surface area (Å²) in [4.78, 5) is 14.2. The number of sulfonamides is 1. The average molecular weight is 762 g/mol. The van der Waals surface area contributed by atoms with Crippen LogP contribution in [0.2, 0.25) is 0 Å². The molecule has 3 N–H and O–H groups in total. The van der Waals surface area contributed by atoms with Crippen molar-refractivity contribution in [2.75, 3.05) is 39.0 Å². The van der Waals surface area contributed by atoms with Gasteiger partial charge in [0.1, 0.15) is 0 Å². The molecule has 6 aliphatic carbocycles. The van der Waals surface area contributed by atoms with E-state index in [0.717, 1.165) is 56.9 Å². The molecule has 0 bridgehead atoms. The lowest BCUT2D eigenvalue weighted by atomic mass is 9.32. The van der Waals surface area contributed by atoms with E-state index in [1.165, 1.54) is 68.8 Å². The maximum Gasteiger partial charge on any atom is 0.335 e. The highest BCUT2D eigenvalue weighted by atomic mass is 32.2. The zero-order valence-electron chi connectivity index (χ0n) is 34.9. The number of piperidine rings is 1. The van der Waals surface area contributed by atoms with E-state index < -0.39 is 16.0 Å². The number of rotatable bonds is 9. The molecule has 1 saturated heterocycles. The second kappa shape index (κ2) is 12.9. The summed E-state index contributed by atoms with van der Waals surface area (Å²) in [6.45, 7) is 26.0. The van der Waals surface area contributed by atoms with Crippen LogP contribution < -0.4 is 10.0 Å². The monoisotopic (exact) mass is 762 g/mol. The minimum Gasteiger partial charge on any atom is -0.478 e. The summed E-state index contributed by atoms with van der Waals surface area (Å²) in [5.41, 5.74) is 4.57. The third-order valence-electron chi connectivity index (χ3n) is 18.4. The van der Waals surface area contributed by atoms with Gasteiger partial charge in [0.2, 0.25) is 10.0 Å². The number of hydrogen-bond donors (Lipinski definition) is 3. The Morgan fingerprint density at radius 1 is 0.889 bits per heavy atom. The minimum atomic E-state index is -3.13. The highest BCUT2D eigenvalue weighted by Gasteiger charge is 2.71. The Hall–Kier alpha value is -1.74. The van der Waals surface area contributed by atoms with Gasteiger partial charge >= 0.3 is 5.97 Å². The second-order valence-electron chi connectivity index (χ2n) is 22.2. The van der Waals surface area contributed by atoms with E-state index in [2.05, 4.69) is 76.4 Å². The molecule has 0 radical (unpaired) electrons. The van der Waals surface area contributed by atoms with E-state index >= 15 is 0 Å². The molecule has 1 aromatic rings. The van der Waals surface area contributed by atoms with Gasteiger partial charge in [0, 0.05) is 38.8 Å². The molecule has 1 heterocycles. The molecular weight excluding hydrogens is 691 g/mol. The first-order valence-electron chi connectivity index (χ1n) is 21.6. The van der Waals surface area contributed by atoms with Crippen molar-refractivity contribution in [3.05, 3.63) is 41.5 Å². The molecule has 8 rings (SSSR count). The molecule has 5 saturated carbocycles. The van der Waals surface area contributed by atoms with Crippen LogP contribution in [0.5, 0.6) is 0 Å². The Morgan fingerprint density at radius 2 is 1.57 bits per heavy atom. The summed E-state index contributed by atoms with van der Waals surface area (Å²) in [6.07, 6.45) is 15.7. The number of hydrogen-bond acceptors (Lipinski definition) is 5. The average Bonchev–Trinajstić information content (AvgIpc) is 3.38. The Labute approximate surface area is 327 Å². The molecule has 7 nitrogen and oxygen atoms in total. The zero-order valence-corrected chi connectivity index (χ0v) is 35.7. The standard InChI is InChI=1S/C46H71N3O4S/c1-41(2,3)34-17-21-46(28-47-24-25-49-26-31-32(27-49)39(31)48-54(9,52)53)23-22-44(7)35(38(34)46)14-15-37-43(6)19-16-33(29-10-12-30(13-11-29)40(50)51)42(4,5)36(43)18-20-45(37,44)8/h10-13,16,31-32,34-39,47-48H,14-15,17-28H2,1-9H3,(H,50,51)/t31?,32?,34-,35-,36+,37-,38-,39?,43+,44-,45-,46?/m1/s1. The third kappa shape index (κ3) is 6.03. The smallest absolute Gasteiger partial charge is 0.335 e. The molecule has 3 unspecified atom stereocenters. The lowest BCUT2D eigenvalue weighted by Gasteiger charge is -2.72. The largest absolute Gasteiger partial charge is 0.478 e. The Kier molecular flexibility index (Phi) is 9.33. The molecular formula is C46H71N3O4S. The SMILES string of the molecule is CC(C)(C)[C@@H]1CCC2(CNCCN3CC4C(C3)C4NS(C)(=O)=O)CC[C@]3(C)[C@H](CC[C@@H]4[C@@]5(C)CC=C(c6ccc(C(=O)O)cc6)C(C)(C)[C@@H]5CC[C@]43C)[C@@H]12. The van der Waals surface area contributed by atoms with Gasteiger partial charge in [-0.15, -0.1) is 0 Å². The van der Waals surface area contributed by atoms with Crippen molar-refractivity contribution >= 4 is 21.6 Å². The number of likely N-dealkylation sites (tertiary alicyclic amines) is 1. The number of carboxylic acids is 1. The first kappa shape index (κ1) is 39.1. The van der Waals surface area contributed by atoms with Crippen LogP contribution in [-0.4, -0.2) is 69.4 Å². The molecule has 300 valence electrons. The predicted octanol–water partition coefficient (Wildman–Crippen LogP) is 8.57. The van der Waals surface area contributed by atoms with E-state index in [-0.39, 0.29) is 16.9 Å². The maximum absolute atomic E-state index is 11.7. The van der Waals surface area contributed by atoms with E-state index in [0.29, 0.717) is 50.9 Å². The zero-order chi connectivity index (χ0) is 38.9. The van der Waals surface area contributed by atoms with Crippen LogP contribution in [-0.2, 0) is 10.0 Å². The van der Waals surface area contributed by atoms with Crippen molar-refractivity contribution in [1.29, 1.82) is 0 Å². The van der Waals surface area contributed by atoms with Gasteiger partial charge in [-0.2, -0.15) is 0 Å². The number of benzene rings is 1. The van der Waals surface area contributed by atoms with Gasteiger partial charge in [0.05, 0.1) is 11.8 Å². The van der Waals surface area contributed by atoms with Crippen molar-refractivity contribution < 1.29 is 18.3 Å². The van der Waals surface area contributed by atoms with Crippen molar-refractivity contribution in [2.24, 2.45) is 73.9 Å². The van der Waals surface area contributed by atoms with E-state index in [1.54, 1.807) is 12.1 Å². The van der Waals surface area contributed by atoms with E-state index in [9.17, 15) is 18.3 Å². The van der Waals surface area contributed by atoms with Gasteiger partial charge in [-0.25, -0.2) is 17.9 Å². The summed E-state index contributed by atoms with van der Waals surface area (Å²) < 4.78 is 26.4. The molecule has 0 amide bonds. The van der Waals surface area contributed by atoms with Gasteiger partial charge in [0.15, 0.2) is 0 Å². The van der Waals surface area contributed by atoms with Crippen LogP contribution >= 0.6 is 0 Å². The van der Waals surface area contributed by atoms with Crippen LogP contribution in [0.15, 0.2) is 30.3 Å². The van der Waals surface area contributed by atoms with Crippen LogP contribution in [0, 0.1) is 73.9 Å². The van der Waals surface area contributed by atoms with Crippen LogP contribution in [0.1, 0.15) is 129 Å². The number of allylic oxidation sites excluding steroid dienone is 2. The summed E-state index contributed by atoms with van der Waals surface area (Å²) in [7, 11) is -3.13. The Morgan fingerprint density at radius 3 is 2.20 bits per heavy atom. The van der Waals surface area contributed by atoms with Crippen LogP contribution in [0.25, 0.3) is 5.57 Å². The molecule has 6 fully saturated rings. The molecule has 1 aliphatic heterocycles. The molecule has 0 spiro atoms. The van der Waals surface area contributed by atoms with Gasteiger partial charge < -0.3 is 15.3 Å². The van der Waals surface area contributed by atoms with Gasteiger partial charge in [-0.3, -0.25) is 0 Å². The summed E-state index contributed by atoms with van der Waals surface area (Å²) >= 11 is 0. The quantitative estimate of drug-likeness (QED) is 0.218. The van der Waals surface area contributed by atoms with Gasteiger partial charge in [-0.05, 0) is 155 Å². The first-order chi connectivity index (χ1) is 25.1. The normalized spacial score (nSPS) is 44.0. The molecule has 0 aromatic heterocycles. The van der Waals surface area contributed by atoms with E-state index in [4.69, 9.17) is 0 Å². The van der Waals surface area contributed by atoms with Crippen molar-refractivity contribution in [3.63, 3.8) is 0 Å². The predicted molar refractivity (Wildman–Crippen MR) is 218 cm³/mol. The summed E-state index contributed by atoms with van der Waals surface area (Å²) in [6, 6.07) is 7.80. The lowest BCUT2D eigenvalue weighted by molar-refractivity contribution is -0.229. The van der Waals surface area contributed by atoms with Crippen molar-refractivity contribution in [1.82, 2.24) is 14.9 Å². The Balaban J connectivity index is 0.995. The van der Waals surface area contributed by atoms with Crippen molar-refractivity contribution in [3.8, 4) is 0 Å². The molecule has 11 atom stereocenters. The molecule has 7 aliphatic rings. The number of nitrogens with one attached hydrogen (secondary N) is 2. The fourth-order valence-corrected chi connectivity index (χ4v) is 16.5. The van der Waals surface area contributed by atoms with Crippen LogP contribution in [0.4, 0.5) is 0 Å². The highest BCUT2D eigenvalue weighted by molar-refractivity contribution is 7.88. The van der Waals surface area contributed by atoms with Gasteiger partial charge in [0.25, 0.3) is 0 Å². The molecule has 8 heteroatoms.